The highest BCUT2D eigenvalue weighted by molar-refractivity contribution is 5.74. The molecule has 24 heavy (non-hydrogen) atoms. The fourth-order valence-corrected chi connectivity index (χ4v) is 3.84. The largest absolute Gasteiger partial charge is 0.342 e. The Hall–Kier alpha value is -2.63. The van der Waals surface area contributed by atoms with E-state index < -0.39 is 0 Å². The summed E-state index contributed by atoms with van der Waals surface area (Å²) < 4.78 is 1.64. The molecule has 1 aliphatic rings. The van der Waals surface area contributed by atoms with Gasteiger partial charge < -0.3 is 4.90 Å². The standard InChI is InChI=1S/C18H21N5O/c1-22(15-10-6-9-13(15)12-7-4-3-5-8-12)18-20-16-14(17(24)21-18)11-19-23(16)2/h3-5,7-8,11,13,15H,6,9-10H2,1-2H3,(H,20,21,24)/t13-,15-/m0/s1. The second kappa shape index (κ2) is 5.78. The number of aromatic amines is 1. The average molecular weight is 323 g/mol. The van der Waals surface area contributed by atoms with Gasteiger partial charge in [-0.05, 0) is 18.4 Å². The average Bonchev–Trinajstić information content (AvgIpc) is 3.23. The van der Waals surface area contributed by atoms with Crippen molar-refractivity contribution in [1.82, 2.24) is 19.7 Å². The molecule has 0 unspecified atom stereocenters. The summed E-state index contributed by atoms with van der Waals surface area (Å²) in [5.41, 5.74) is 1.84. The number of H-pyrrole nitrogens is 1. The third kappa shape index (κ3) is 2.38. The van der Waals surface area contributed by atoms with Gasteiger partial charge in [0.15, 0.2) is 5.65 Å². The van der Waals surface area contributed by atoms with E-state index >= 15 is 0 Å². The van der Waals surface area contributed by atoms with E-state index in [0.29, 0.717) is 28.9 Å². The molecule has 2 atom stereocenters. The number of anilines is 1. The molecule has 3 aromatic rings. The molecule has 1 fully saturated rings. The molecular weight excluding hydrogens is 302 g/mol. The molecular formula is C18H21N5O. The van der Waals surface area contributed by atoms with Gasteiger partial charge in [-0.15, -0.1) is 0 Å². The third-order valence-corrected chi connectivity index (χ3v) is 5.13. The molecule has 0 amide bonds. The van der Waals surface area contributed by atoms with Crippen LogP contribution in [0.25, 0.3) is 11.0 Å². The third-order valence-electron chi connectivity index (χ3n) is 5.13. The summed E-state index contributed by atoms with van der Waals surface area (Å²) in [6, 6.07) is 10.9. The molecule has 1 N–H and O–H groups in total. The van der Waals surface area contributed by atoms with Gasteiger partial charge in [-0.1, -0.05) is 36.8 Å². The second-order valence-corrected chi connectivity index (χ2v) is 6.52. The summed E-state index contributed by atoms with van der Waals surface area (Å²) in [6.45, 7) is 0. The van der Waals surface area contributed by atoms with E-state index in [2.05, 4.69) is 44.2 Å². The maximum absolute atomic E-state index is 12.3. The van der Waals surface area contributed by atoms with Crippen LogP contribution >= 0.6 is 0 Å². The van der Waals surface area contributed by atoms with Crippen LogP contribution in [0.3, 0.4) is 0 Å². The number of nitrogens with one attached hydrogen (secondary N) is 1. The lowest BCUT2D eigenvalue weighted by Gasteiger charge is -2.30. The fraction of sp³-hybridized carbons (Fsp3) is 0.389. The number of nitrogens with zero attached hydrogens (tertiary/aromatic N) is 4. The second-order valence-electron chi connectivity index (χ2n) is 6.52. The molecule has 6 nitrogen and oxygen atoms in total. The van der Waals surface area contributed by atoms with Crippen LogP contribution in [0, 0.1) is 0 Å². The monoisotopic (exact) mass is 323 g/mol. The molecule has 1 aromatic carbocycles. The van der Waals surface area contributed by atoms with Crippen LogP contribution < -0.4 is 10.5 Å². The van der Waals surface area contributed by atoms with Crippen molar-refractivity contribution in [2.45, 2.75) is 31.2 Å². The van der Waals surface area contributed by atoms with Crippen molar-refractivity contribution in [3.05, 3.63) is 52.4 Å². The lowest BCUT2D eigenvalue weighted by Crippen LogP contribution is -2.36. The van der Waals surface area contributed by atoms with Gasteiger partial charge in [-0.25, -0.2) is 0 Å². The predicted octanol–water partition coefficient (Wildman–Crippen LogP) is 2.43. The number of likely N-dealkylation sites (N-methyl/N-ethyl adjacent to an activating group) is 1. The van der Waals surface area contributed by atoms with Crippen LogP contribution in [-0.2, 0) is 7.05 Å². The van der Waals surface area contributed by atoms with Crippen LogP contribution in [0.1, 0.15) is 30.7 Å². The molecule has 2 heterocycles. The summed E-state index contributed by atoms with van der Waals surface area (Å²) in [4.78, 5) is 22.0. The number of hydrogen-bond donors (Lipinski definition) is 1. The van der Waals surface area contributed by atoms with Gasteiger partial charge in [0.1, 0.15) is 5.39 Å². The van der Waals surface area contributed by atoms with Gasteiger partial charge in [0, 0.05) is 26.1 Å². The fourth-order valence-electron chi connectivity index (χ4n) is 3.84. The summed E-state index contributed by atoms with van der Waals surface area (Å²) in [5, 5.41) is 4.66. The Morgan fingerprint density at radius 3 is 2.83 bits per heavy atom. The number of benzene rings is 1. The van der Waals surface area contributed by atoms with Crippen molar-refractivity contribution < 1.29 is 0 Å². The first-order valence-corrected chi connectivity index (χ1v) is 8.35. The zero-order valence-corrected chi connectivity index (χ0v) is 13.9. The molecule has 2 aromatic heterocycles. The van der Waals surface area contributed by atoms with Gasteiger partial charge in [0.05, 0.1) is 6.20 Å². The maximum Gasteiger partial charge on any atom is 0.263 e. The minimum atomic E-state index is -0.135. The van der Waals surface area contributed by atoms with Crippen LogP contribution in [0.4, 0.5) is 5.95 Å². The molecule has 6 heteroatoms. The summed E-state index contributed by atoms with van der Waals surface area (Å²) in [7, 11) is 3.83. The number of aromatic nitrogens is 4. The van der Waals surface area contributed by atoms with Gasteiger partial charge in [-0.3, -0.25) is 14.5 Å². The summed E-state index contributed by atoms with van der Waals surface area (Å²) in [6.07, 6.45) is 5.01. The number of rotatable bonds is 3. The summed E-state index contributed by atoms with van der Waals surface area (Å²) >= 11 is 0. The first kappa shape index (κ1) is 14.9. The molecule has 0 saturated heterocycles. The Kier molecular flexibility index (Phi) is 3.59. The van der Waals surface area contributed by atoms with E-state index in [-0.39, 0.29) is 5.56 Å². The lowest BCUT2D eigenvalue weighted by molar-refractivity contribution is 0.570. The van der Waals surface area contributed by atoms with Gasteiger partial charge in [0.25, 0.3) is 5.56 Å². The predicted molar refractivity (Wildman–Crippen MR) is 94.4 cm³/mol. The minimum absolute atomic E-state index is 0.135. The van der Waals surface area contributed by atoms with Crippen molar-refractivity contribution in [2.75, 3.05) is 11.9 Å². The Bertz CT molecular complexity index is 914. The highest BCUT2D eigenvalue weighted by Gasteiger charge is 2.32. The molecule has 124 valence electrons. The number of aryl methyl sites for hydroxylation is 1. The van der Waals surface area contributed by atoms with Gasteiger partial charge in [-0.2, -0.15) is 10.1 Å². The van der Waals surface area contributed by atoms with Crippen LogP contribution in [0.2, 0.25) is 0 Å². The summed E-state index contributed by atoms with van der Waals surface area (Å²) in [5.74, 6) is 1.08. The minimum Gasteiger partial charge on any atom is -0.342 e. The normalized spacial score (nSPS) is 20.6. The van der Waals surface area contributed by atoms with Crippen molar-refractivity contribution in [3.8, 4) is 0 Å². The van der Waals surface area contributed by atoms with E-state index in [4.69, 9.17) is 0 Å². The molecule has 1 saturated carbocycles. The Morgan fingerprint density at radius 1 is 1.25 bits per heavy atom. The van der Waals surface area contributed by atoms with Crippen molar-refractivity contribution in [1.29, 1.82) is 0 Å². The molecule has 0 bridgehead atoms. The van der Waals surface area contributed by atoms with Crippen LogP contribution in [0.5, 0.6) is 0 Å². The Labute approximate surface area is 140 Å². The number of hydrogen-bond acceptors (Lipinski definition) is 4. The quantitative estimate of drug-likeness (QED) is 0.804. The molecule has 1 aliphatic carbocycles. The van der Waals surface area contributed by atoms with Gasteiger partial charge >= 0.3 is 0 Å². The van der Waals surface area contributed by atoms with Crippen molar-refractivity contribution in [2.24, 2.45) is 7.05 Å². The first-order valence-electron chi connectivity index (χ1n) is 8.35. The van der Waals surface area contributed by atoms with Gasteiger partial charge in [0.2, 0.25) is 5.95 Å². The van der Waals surface area contributed by atoms with E-state index in [0.717, 1.165) is 12.8 Å². The Balaban J connectivity index is 1.71. The smallest absolute Gasteiger partial charge is 0.263 e. The van der Waals surface area contributed by atoms with E-state index in [1.807, 2.05) is 13.1 Å². The molecule has 4 rings (SSSR count). The van der Waals surface area contributed by atoms with E-state index in [9.17, 15) is 4.79 Å². The SMILES string of the molecule is CN(c1nc2c(cnn2C)c(=O)[nH]1)[C@H]1CCC[C@H]1c1ccccc1. The topological polar surface area (TPSA) is 66.8 Å². The lowest BCUT2D eigenvalue weighted by atomic mass is 9.93. The van der Waals surface area contributed by atoms with Crippen LogP contribution in [-0.4, -0.2) is 32.8 Å². The molecule has 0 radical (unpaired) electrons. The highest BCUT2D eigenvalue weighted by atomic mass is 16.1. The van der Waals surface area contributed by atoms with Crippen molar-refractivity contribution >= 4 is 17.0 Å². The van der Waals surface area contributed by atoms with E-state index in [1.165, 1.54) is 12.0 Å². The zero-order valence-electron chi connectivity index (χ0n) is 13.9. The zero-order chi connectivity index (χ0) is 16.7. The molecule has 0 spiro atoms. The number of fused-ring (bicyclic) bond motifs is 1. The van der Waals surface area contributed by atoms with Crippen LogP contribution in [0.15, 0.2) is 41.3 Å². The Morgan fingerprint density at radius 2 is 2.04 bits per heavy atom. The first-order chi connectivity index (χ1) is 11.6. The highest BCUT2D eigenvalue weighted by Crippen LogP contribution is 2.38. The molecule has 0 aliphatic heterocycles. The van der Waals surface area contributed by atoms with E-state index in [1.54, 1.807) is 17.9 Å². The maximum atomic E-state index is 12.3. The van der Waals surface area contributed by atoms with Crippen molar-refractivity contribution in [3.63, 3.8) is 0 Å².